The topological polar surface area (TPSA) is 73.8 Å². The summed E-state index contributed by atoms with van der Waals surface area (Å²) in [5.74, 6) is 0.284. The molecule has 1 amide bonds. The van der Waals surface area contributed by atoms with Gasteiger partial charge in [-0.2, -0.15) is 0 Å². The maximum Gasteiger partial charge on any atom is 0.223 e. The van der Waals surface area contributed by atoms with Crippen LogP contribution in [0.5, 0.6) is 0 Å². The number of amides is 1. The molecule has 0 aliphatic carbocycles. The van der Waals surface area contributed by atoms with Crippen LogP contribution in [0.3, 0.4) is 0 Å². The average Bonchev–Trinajstić information content (AvgIpc) is 2.68. The molecule has 0 saturated carbocycles. The highest BCUT2D eigenvalue weighted by molar-refractivity contribution is 5.76. The Labute approximate surface area is 115 Å². The number of unbranched alkanes of at least 4 members (excludes halogenated alkanes) is 2. The third kappa shape index (κ3) is 5.41. The van der Waals surface area contributed by atoms with Gasteiger partial charge in [0.25, 0.3) is 0 Å². The molecule has 5 heteroatoms. The van der Waals surface area contributed by atoms with Crippen LogP contribution in [-0.4, -0.2) is 20.9 Å². The Morgan fingerprint density at radius 3 is 2.68 bits per heavy atom. The normalized spacial score (nSPS) is 11.2. The summed E-state index contributed by atoms with van der Waals surface area (Å²) in [4.78, 5) is 11.1. The van der Waals surface area contributed by atoms with E-state index in [2.05, 4.69) is 31.1 Å². The van der Waals surface area contributed by atoms with Crippen LogP contribution in [-0.2, 0) is 24.2 Å². The molecule has 0 aliphatic rings. The number of primary amides is 1. The van der Waals surface area contributed by atoms with Crippen LogP contribution < -0.4 is 5.73 Å². The lowest BCUT2D eigenvalue weighted by Gasteiger charge is -2.09. The van der Waals surface area contributed by atoms with E-state index in [1.54, 1.807) is 0 Å². The van der Waals surface area contributed by atoms with Crippen LogP contribution in [0.4, 0.5) is 0 Å². The lowest BCUT2D eigenvalue weighted by molar-refractivity contribution is -0.117. The zero-order chi connectivity index (χ0) is 14.3. The minimum absolute atomic E-state index is 0.196. The van der Waals surface area contributed by atoms with Gasteiger partial charge < -0.3 is 5.73 Å². The van der Waals surface area contributed by atoms with Crippen LogP contribution in [0, 0.1) is 5.92 Å². The third-order valence-corrected chi connectivity index (χ3v) is 3.19. The largest absolute Gasteiger partial charge is 0.369 e. The molecule has 0 radical (unpaired) electrons. The number of rotatable bonds is 9. The fraction of sp³-hybridized carbons (Fsp3) is 0.786. The number of hydrogen-bond donors (Lipinski definition) is 1. The maximum atomic E-state index is 11.1. The first-order chi connectivity index (χ1) is 9.04. The summed E-state index contributed by atoms with van der Waals surface area (Å²) < 4.78 is 1.95. The highest BCUT2D eigenvalue weighted by Crippen LogP contribution is 2.14. The summed E-state index contributed by atoms with van der Waals surface area (Å²) >= 11 is 0. The van der Waals surface area contributed by atoms with E-state index in [0.29, 0.717) is 5.92 Å². The number of hydrogen-bond acceptors (Lipinski definition) is 3. The summed E-state index contributed by atoms with van der Waals surface area (Å²) in [5, 5.41) is 8.30. The molecule has 1 heterocycles. The summed E-state index contributed by atoms with van der Waals surface area (Å²) in [5.41, 5.74) is 7.11. The molecule has 0 saturated heterocycles. The van der Waals surface area contributed by atoms with E-state index in [1.807, 2.05) is 4.68 Å². The Hall–Kier alpha value is -1.39. The number of aromatic nitrogens is 3. The van der Waals surface area contributed by atoms with Crippen molar-refractivity contribution in [1.82, 2.24) is 15.0 Å². The molecule has 0 aliphatic heterocycles. The van der Waals surface area contributed by atoms with Crippen molar-refractivity contribution in [3.63, 3.8) is 0 Å². The van der Waals surface area contributed by atoms with Gasteiger partial charge in [0.15, 0.2) is 0 Å². The van der Waals surface area contributed by atoms with E-state index in [4.69, 9.17) is 5.73 Å². The Morgan fingerprint density at radius 2 is 2.11 bits per heavy atom. The van der Waals surface area contributed by atoms with Crippen molar-refractivity contribution in [3.05, 3.63) is 11.4 Å². The van der Waals surface area contributed by atoms with E-state index in [9.17, 15) is 4.79 Å². The monoisotopic (exact) mass is 266 g/mol. The molecule has 5 nitrogen and oxygen atoms in total. The molecule has 1 rings (SSSR count). The molecule has 0 spiro atoms. The number of nitrogens with zero attached hydrogens (tertiary/aromatic N) is 3. The Morgan fingerprint density at radius 1 is 1.37 bits per heavy atom. The Kier molecular flexibility index (Phi) is 6.53. The van der Waals surface area contributed by atoms with Crippen LogP contribution >= 0.6 is 0 Å². The predicted molar refractivity (Wildman–Crippen MR) is 75.6 cm³/mol. The van der Waals surface area contributed by atoms with Crippen LogP contribution in [0.15, 0.2) is 0 Å². The lowest BCUT2D eigenvalue weighted by Crippen LogP contribution is -2.16. The summed E-state index contributed by atoms with van der Waals surface area (Å²) in [6, 6.07) is 0. The first-order valence-corrected chi connectivity index (χ1v) is 7.24. The molecular formula is C14H26N4O. The van der Waals surface area contributed by atoms with Crippen molar-refractivity contribution in [2.24, 2.45) is 11.7 Å². The van der Waals surface area contributed by atoms with Gasteiger partial charge in [0, 0.05) is 6.54 Å². The Bertz CT molecular complexity index is 398. The van der Waals surface area contributed by atoms with Crippen molar-refractivity contribution >= 4 is 5.91 Å². The first kappa shape index (κ1) is 15.7. The van der Waals surface area contributed by atoms with Gasteiger partial charge in [-0.1, -0.05) is 38.8 Å². The highest BCUT2D eigenvalue weighted by atomic mass is 16.1. The number of carbonyl (C=O) groups excluding carboxylic acids is 1. The zero-order valence-electron chi connectivity index (χ0n) is 12.4. The molecule has 1 aromatic heterocycles. The summed E-state index contributed by atoms with van der Waals surface area (Å²) in [6.07, 6.45) is 5.66. The zero-order valence-corrected chi connectivity index (χ0v) is 12.4. The number of nitrogens with two attached hydrogens (primary N) is 1. The predicted octanol–water partition coefficient (Wildman–Crippen LogP) is 2.08. The van der Waals surface area contributed by atoms with Gasteiger partial charge >= 0.3 is 0 Å². The van der Waals surface area contributed by atoms with Crippen LogP contribution in [0.1, 0.15) is 57.8 Å². The van der Waals surface area contributed by atoms with Crippen LogP contribution in [0.25, 0.3) is 0 Å². The van der Waals surface area contributed by atoms with E-state index in [-0.39, 0.29) is 12.3 Å². The molecule has 1 aromatic rings. The molecule has 0 unspecified atom stereocenters. The summed E-state index contributed by atoms with van der Waals surface area (Å²) in [7, 11) is 0. The minimum Gasteiger partial charge on any atom is -0.369 e. The second kappa shape index (κ2) is 7.92. The van der Waals surface area contributed by atoms with Gasteiger partial charge in [0.1, 0.15) is 0 Å². The van der Waals surface area contributed by atoms with E-state index in [1.165, 1.54) is 12.8 Å². The quantitative estimate of drug-likeness (QED) is 0.695. The third-order valence-electron chi connectivity index (χ3n) is 3.19. The second-order valence-corrected chi connectivity index (χ2v) is 5.49. The number of aryl methyl sites for hydroxylation is 1. The molecule has 108 valence electrons. The van der Waals surface area contributed by atoms with E-state index < -0.39 is 0 Å². The fourth-order valence-electron chi connectivity index (χ4n) is 2.06. The van der Waals surface area contributed by atoms with E-state index >= 15 is 0 Å². The highest BCUT2D eigenvalue weighted by Gasteiger charge is 2.14. The van der Waals surface area contributed by atoms with Gasteiger partial charge in [-0.05, 0) is 25.2 Å². The first-order valence-electron chi connectivity index (χ1n) is 7.24. The minimum atomic E-state index is -0.341. The van der Waals surface area contributed by atoms with E-state index in [0.717, 1.165) is 37.2 Å². The van der Waals surface area contributed by atoms with Crippen molar-refractivity contribution in [2.45, 2.75) is 65.8 Å². The Balaban J connectivity index is 2.77. The molecular weight excluding hydrogens is 240 g/mol. The van der Waals surface area contributed by atoms with Gasteiger partial charge in [-0.15, -0.1) is 5.10 Å². The van der Waals surface area contributed by atoms with Gasteiger partial charge in [0.2, 0.25) is 5.91 Å². The molecule has 19 heavy (non-hydrogen) atoms. The fourth-order valence-corrected chi connectivity index (χ4v) is 2.06. The molecule has 2 N–H and O–H groups in total. The van der Waals surface area contributed by atoms with Crippen molar-refractivity contribution in [3.8, 4) is 0 Å². The van der Waals surface area contributed by atoms with Crippen molar-refractivity contribution in [1.29, 1.82) is 0 Å². The lowest BCUT2D eigenvalue weighted by atomic mass is 10.0. The molecule has 0 atom stereocenters. The van der Waals surface area contributed by atoms with Gasteiger partial charge in [-0.25, -0.2) is 4.68 Å². The smallest absolute Gasteiger partial charge is 0.223 e. The van der Waals surface area contributed by atoms with Crippen molar-refractivity contribution in [2.75, 3.05) is 0 Å². The SMILES string of the molecule is CCCCCn1nnc(CC(N)=O)c1CCC(C)C. The maximum absolute atomic E-state index is 11.1. The second-order valence-electron chi connectivity index (χ2n) is 5.49. The van der Waals surface area contributed by atoms with Gasteiger partial charge in [0.05, 0.1) is 17.8 Å². The average molecular weight is 266 g/mol. The van der Waals surface area contributed by atoms with Crippen molar-refractivity contribution < 1.29 is 4.79 Å². The van der Waals surface area contributed by atoms with Gasteiger partial charge in [-0.3, -0.25) is 4.79 Å². The number of carbonyl (C=O) groups is 1. The molecule has 0 bridgehead atoms. The standard InChI is InChI=1S/C14H26N4O/c1-4-5-6-9-18-13(8-7-11(2)3)12(16-17-18)10-14(15)19/h11H,4-10H2,1-3H3,(H2,15,19). The van der Waals surface area contributed by atoms with Crippen LogP contribution in [0.2, 0.25) is 0 Å². The molecule has 0 fully saturated rings. The summed E-state index contributed by atoms with van der Waals surface area (Å²) in [6.45, 7) is 7.45. The molecule has 0 aromatic carbocycles.